The van der Waals surface area contributed by atoms with E-state index in [4.69, 9.17) is 22.1 Å². The molecule has 2 aliphatic carbocycles. The number of thiazole rings is 1. The minimum Gasteiger partial charge on any atom is -0.497 e. The lowest BCUT2D eigenvalue weighted by molar-refractivity contribution is -0.142. The molecule has 2 aliphatic heterocycles. The van der Waals surface area contributed by atoms with Crippen LogP contribution in [0, 0.1) is 33.5 Å². The van der Waals surface area contributed by atoms with Crippen LogP contribution in [0.1, 0.15) is 35.6 Å². The second kappa shape index (κ2) is 8.45. The van der Waals surface area contributed by atoms with Crippen LogP contribution in [0.3, 0.4) is 0 Å². The molecule has 0 spiro atoms. The van der Waals surface area contributed by atoms with E-state index in [2.05, 4.69) is 16.7 Å². The number of hydrogen-bond acceptors (Lipinski definition) is 7. The Morgan fingerprint density at radius 3 is 2.51 bits per heavy atom. The van der Waals surface area contributed by atoms with E-state index in [1.54, 1.807) is 18.4 Å². The Bertz CT molecular complexity index is 1290. The SMILES string of the molecule is COc1ccc([C@@H]2c3sc(=S)n(C)c3S[C@H]3[C@@H]4C[C@H]([C@H]5C(=O)N(CCCC(=O)O)C(=O)[C@H]45)[C@@H]23)cc1. The van der Waals surface area contributed by atoms with Gasteiger partial charge in [-0.25, -0.2) is 0 Å². The third kappa shape index (κ3) is 3.36. The molecule has 1 aromatic heterocycles. The highest BCUT2D eigenvalue weighted by atomic mass is 32.2. The van der Waals surface area contributed by atoms with Crippen LogP contribution in [0.2, 0.25) is 0 Å². The number of benzene rings is 1. The number of aliphatic carboxylic acids is 1. The zero-order chi connectivity index (χ0) is 24.6. The number of carboxylic acid groups (broad SMARTS) is 1. The molecule has 0 radical (unpaired) electrons. The smallest absolute Gasteiger partial charge is 0.303 e. The molecular weight excluding hydrogens is 504 g/mol. The molecule has 184 valence electrons. The van der Waals surface area contributed by atoms with E-state index in [-0.39, 0.29) is 65.5 Å². The number of carboxylic acids is 1. The van der Waals surface area contributed by atoms with Gasteiger partial charge in [0.1, 0.15) is 5.75 Å². The van der Waals surface area contributed by atoms with Gasteiger partial charge in [-0.3, -0.25) is 19.3 Å². The van der Waals surface area contributed by atoms with Crippen molar-refractivity contribution in [1.82, 2.24) is 9.47 Å². The van der Waals surface area contributed by atoms with Crippen LogP contribution in [-0.2, 0) is 21.4 Å². The lowest BCUT2D eigenvalue weighted by atomic mass is 9.68. The van der Waals surface area contributed by atoms with Crippen LogP contribution in [0.4, 0.5) is 0 Å². The maximum atomic E-state index is 13.5. The van der Waals surface area contributed by atoms with E-state index < -0.39 is 5.97 Å². The Kier molecular flexibility index (Phi) is 5.61. The van der Waals surface area contributed by atoms with Gasteiger partial charge < -0.3 is 14.4 Å². The van der Waals surface area contributed by atoms with Crippen molar-refractivity contribution in [2.24, 2.45) is 36.6 Å². The lowest BCUT2D eigenvalue weighted by Crippen LogP contribution is -2.43. The molecule has 7 nitrogen and oxygen atoms in total. The quantitative estimate of drug-likeness (QED) is 0.443. The first-order valence-electron chi connectivity index (χ1n) is 11.9. The van der Waals surface area contributed by atoms with Crippen molar-refractivity contribution in [1.29, 1.82) is 0 Å². The number of amides is 2. The average molecular weight is 531 g/mol. The molecule has 10 heteroatoms. The van der Waals surface area contributed by atoms with Crippen molar-refractivity contribution in [3.8, 4) is 5.75 Å². The third-order valence-electron chi connectivity index (χ3n) is 8.40. The number of thioether (sulfide) groups is 1. The number of nitrogens with zero attached hydrogens (tertiary/aromatic N) is 2. The van der Waals surface area contributed by atoms with Crippen LogP contribution < -0.4 is 4.74 Å². The van der Waals surface area contributed by atoms with Crippen molar-refractivity contribution < 1.29 is 24.2 Å². The molecule has 3 heterocycles. The highest BCUT2D eigenvalue weighted by Gasteiger charge is 2.69. The fourth-order valence-electron chi connectivity index (χ4n) is 7.03. The number of fused-ring (bicyclic) bond motifs is 9. The molecular formula is C25H26N2O5S3. The molecule has 2 bridgehead atoms. The fourth-order valence-corrected chi connectivity index (χ4v) is 10.6. The van der Waals surface area contributed by atoms with E-state index in [1.165, 1.54) is 20.4 Å². The molecule has 2 amide bonds. The summed E-state index contributed by atoms with van der Waals surface area (Å²) in [5.41, 5.74) is 1.19. The second-order valence-corrected chi connectivity index (χ2v) is 12.8. The molecule has 4 aliphatic rings. The number of likely N-dealkylation sites (tertiary alicyclic amines) is 1. The molecule has 1 N–H and O–H groups in total. The summed E-state index contributed by atoms with van der Waals surface area (Å²) in [6.07, 6.45) is 1.15. The largest absolute Gasteiger partial charge is 0.497 e. The number of rotatable bonds is 6. The molecule has 2 aromatic rings. The minimum absolute atomic E-state index is 0.0417. The highest BCUT2D eigenvalue weighted by molar-refractivity contribution is 8.00. The van der Waals surface area contributed by atoms with Crippen LogP contribution in [0.5, 0.6) is 5.75 Å². The Labute approximate surface area is 216 Å². The van der Waals surface area contributed by atoms with Gasteiger partial charge in [-0.1, -0.05) is 12.1 Å². The zero-order valence-electron chi connectivity index (χ0n) is 19.4. The highest BCUT2D eigenvalue weighted by Crippen LogP contribution is 2.69. The van der Waals surface area contributed by atoms with Gasteiger partial charge in [0.2, 0.25) is 11.8 Å². The zero-order valence-corrected chi connectivity index (χ0v) is 21.8. The summed E-state index contributed by atoms with van der Waals surface area (Å²) in [4.78, 5) is 40.4. The molecule has 2 saturated carbocycles. The van der Waals surface area contributed by atoms with Crippen LogP contribution in [0.15, 0.2) is 29.3 Å². The van der Waals surface area contributed by atoms with E-state index >= 15 is 0 Å². The van der Waals surface area contributed by atoms with Gasteiger partial charge in [0, 0.05) is 36.1 Å². The minimum atomic E-state index is -0.908. The Morgan fingerprint density at radius 2 is 1.86 bits per heavy atom. The number of aromatic nitrogens is 1. The summed E-state index contributed by atoms with van der Waals surface area (Å²) < 4.78 is 8.31. The second-order valence-electron chi connectivity index (χ2n) is 9.95. The number of carbonyl (C=O) groups excluding carboxylic acids is 2. The van der Waals surface area contributed by atoms with Crippen molar-refractivity contribution in [3.63, 3.8) is 0 Å². The molecule has 1 saturated heterocycles. The number of methoxy groups -OCH3 is 1. The number of imide groups is 1. The third-order valence-corrected chi connectivity index (χ3v) is 11.8. The first kappa shape index (κ1) is 23.2. The maximum Gasteiger partial charge on any atom is 0.303 e. The summed E-state index contributed by atoms with van der Waals surface area (Å²) in [5, 5.41) is 10.4. The van der Waals surface area contributed by atoms with Crippen molar-refractivity contribution in [2.45, 2.75) is 35.5 Å². The van der Waals surface area contributed by atoms with Gasteiger partial charge >= 0.3 is 5.97 Å². The van der Waals surface area contributed by atoms with Crippen molar-refractivity contribution in [2.75, 3.05) is 13.7 Å². The lowest BCUT2D eigenvalue weighted by Gasteiger charge is -2.43. The molecule has 0 unspecified atom stereocenters. The van der Waals surface area contributed by atoms with Crippen LogP contribution in [0.25, 0.3) is 0 Å². The first-order chi connectivity index (χ1) is 16.8. The summed E-state index contributed by atoms with van der Waals surface area (Å²) in [5.74, 6) is -0.232. The summed E-state index contributed by atoms with van der Waals surface area (Å²) >= 11 is 9.15. The molecule has 35 heavy (non-hydrogen) atoms. The molecule has 7 atom stereocenters. The summed E-state index contributed by atoms with van der Waals surface area (Å²) in [7, 11) is 3.67. The molecule has 6 rings (SSSR count). The van der Waals surface area contributed by atoms with Gasteiger partial charge in [0.05, 0.1) is 24.0 Å². The summed E-state index contributed by atoms with van der Waals surface area (Å²) in [6, 6.07) is 8.20. The number of carbonyl (C=O) groups is 3. The van der Waals surface area contributed by atoms with Gasteiger partial charge in [0.25, 0.3) is 0 Å². The van der Waals surface area contributed by atoms with Gasteiger partial charge in [-0.15, -0.1) is 23.1 Å². The van der Waals surface area contributed by atoms with E-state index in [9.17, 15) is 14.4 Å². The topological polar surface area (TPSA) is 88.8 Å². The van der Waals surface area contributed by atoms with Gasteiger partial charge in [-0.05, 0) is 60.5 Å². The first-order valence-corrected chi connectivity index (χ1v) is 14.0. The van der Waals surface area contributed by atoms with E-state index in [1.807, 2.05) is 30.9 Å². The van der Waals surface area contributed by atoms with Crippen molar-refractivity contribution >= 4 is 53.1 Å². The number of ether oxygens (including phenoxy) is 1. The Hall–Kier alpha value is -2.17. The Balaban J connectivity index is 1.38. The molecule has 3 fully saturated rings. The standard InChI is InChI=1S/C25H26N2O5S3/c1-26-24-21(35-25(26)33)16(11-5-7-12(32-2)8-6-11)17-13-10-14(20(17)34-24)19-18(13)22(30)27(23(19)31)9-3-4-15(28)29/h5-8,13-14,16-20H,3-4,9-10H2,1-2H3,(H,28,29)/t13-,14+,16-,17-,18+,19+,20-/m0/s1. The maximum absolute atomic E-state index is 13.5. The van der Waals surface area contributed by atoms with Crippen LogP contribution >= 0.6 is 35.3 Å². The van der Waals surface area contributed by atoms with E-state index in [0.29, 0.717) is 6.42 Å². The predicted octanol–water partition coefficient (Wildman–Crippen LogP) is 4.16. The monoisotopic (exact) mass is 530 g/mol. The molecule has 1 aromatic carbocycles. The van der Waals surface area contributed by atoms with Crippen LogP contribution in [-0.4, -0.2) is 51.3 Å². The number of hydrogen-bond donors (Lipinski definition) is 1. The van der Waals surface area contributed by atoms with Gasteiger partial charge in [-0.2, -0.15) is 0 Å². The van der Waals surface area contributed by atoms with Gasteiger partial charge in [0.15, 0.2) is 3.95 Å². The summed E-state index contributed by atoms with van der Waals surface area (Å²) in [6.45, 7) is 0.197. The fraction of sp³-hybridized carbons (Fsp3) is 0.520. The Morgan fingerprint density at radius 1 is 1.17 bits per heavy atom. The van der Waals surface area contributed by atoms with E-state index in [0.717, 1.165) is 16.1 Å². The normalized spacial score (nSPS) is 32.5. The van der Waals surface area contributed by atoms with Crippen molar-refractivity contribution in [3.05, 3.63) is 38.7 Å². The predicted molar refractivity (Wildman–Crippen MR) is 134 cm³/mol. The average Bonchev–Trinajstić information content (AvgIpc) is 3.55.